The lowest BCUT2D eigenvalue weighted by Crippen LogP contribution is -3.11. The molecule has 0 saturated carbocycles. The van der Waals surface area contributed by atoms with E-state index in [1.54, 1.807) is 23.5 Å². The molecule has 0 bridgehead atoms. The largest absolute Gasteiger partial charge is 0.321 e. The Labute approximate surface area is 167 Å². The van der Waals surface area contributed by atoms with Crippen molar-refractivity contribution < 1.29 is 18.1 Å². The number of thiazole rings is 1. The third kappa shape index (κ3) is 4.07. The summed E-state index contributed by atoms with van der Waals surface area (Å²) in [6, 6.07) is 14.3. The molecule has 1 saturated heterocycles. The van der Waals surface area contributed by atoms with Crippen molar-refractivity contribution in [2.75, 3.05) is 18.4 Å². The van der Waals surface area contributed by atoms with Crippen LogP contribution in [0.2, 0.25) is 0 Å². The summed E-state index contributed by atoms with van der Waals surface area (Å²) in [7, 11) is -3.80. The van der Waals surface area contributed by atoms with Crippen LogP contribution in [0.3, 0.4) is 0 Å². The number of anilines is 1. The number of para-hydroxylation sites is 1. The molecule has 1 aromatic heterocycles. The highest BCUT2D eigenvalue weighted by Gasteiger charge is 2.34. The van der Waals surface area contributed by atoms with Gasteiger partial charge in [0.15, 0.2) is 11.6 Å². The summed E-state index contributed by atoms with van der Waals surface area (Å²) in [6.45, 7) is 1.21. The van der Waals surface area contributed by atoms with Gasteiger partial charge in [0.2, 0.25) is 10.0 Å². The van der Waals surface area contributed by atoms with Gasteiger partial charge in [0, 0.05) is 18.5 Å². The predicted octanol–water partition coefficient (Wildman–Crippen LogP) is 1.30. The second-order valence-electron chi connectivity index (χ2n) is 6.92. The lowest BCUT2D eigenvalue weighted by atomic mass is 10.2. The van der Waals surface area contributed by atoms with E-state index in [-0.39, 0.29) is 16.8 Å². The van der Waals surface area contributed by atoms with Gasteiger partial charge in [0.05, 0.1) is 21.7 Å². The third-order valence-electron chi connectivity index (χ3n) is 4.93. The number of hydrogen-bond donors (Lipinski definition) is 3. The first-order valence-electron chi connectivity index (χ1n) is 9.03. The highest BCUT2D eigenvalue weighted by molar-refractivity contribution is 7.89. The minimum absolute atomic E-state index is 0.0221. The summed E-state index contributed by atoms with van der Waals surface area (Å²) in [4.78, 5) is 18.5. The maximum Gasteiger partial charge on any atom is 0.279 e. The Bertz CT molecular complexity index is 1090. The Morgan fingerprint density at radius 2 is 2.07 bits per heavy atom. The summed E-state index contributed by atoms with van der Waals surface area (Å²) in [5.41, 5.74) is 1.42. The van der Waals surface area contributed by atoms with Gasteiger partial charge in [0.1, 0.15) is 6.04 Å². The number of nitrogens with two attached hydrogens (primary N) is 1. The SMILES string of the molecule is NS(=O)(=O)c1cccc(NC(=O)C[NH+]2CCC[C@@H]2c2nc3ccccc3s2)c1. The smallest absolute Gasteiger partial charge is 0.279 e. The molecule has 7 nitrogen and oxygen atoms in total. The summed E-state index contributed by atoms with van der Waals surface area (Å²) in [5.74, 6) is -0.158. The van der Waals surface area contributed by atoms with Crippen LogP contribution in [0.4, 0.5) is 5.69 Å². The Morgan fingerprint density at radius 1 is 1.25 bits per heavy atom. The van der Waals surface area contributed by atoms with Crippen LogP contribution >= 0.6 is 11.3 Å². The number of carbonyl (C=O) groups excluding carboxylic acids is 1. The summed E-state index contributed by atoms with van der Waals surface area (Å²) in [5, 5.41) is 9.00. The number of nitrogens with zero attached hydrogens (tertiary/aromatic N) is 1. The summed E-state index contributed by atoms with van der Waals surface area (Å²) < 4.78 is 24.1. The molecule has 0 spiro atoms. The molecule has 1 fully saturated rings. The minimum atomic E-state index is -3.80. The van der Waals surface area contributed by atoms with Crippen molar-refractivity contribution in [3.63, 3.8) is 0 Å². The van der Waals surface area contributed by atoms with E-state index in [1.807, 2.05) is 18.2 Å². The Hall–Kier alpha value is -2.33. The van der Waals surface area contributed by atoms with Crippen LogP contribution in [0.25, 0.3) is 10.2 Å². The van der Waals surface area contributed by atoms with Crippen LogP contribution in [0.15, 0.2) is 53.4 Å². The number of fused-ring (bicyclic) bond motifs is 1. The van der Waals surface area contributed by atoms with E-state index < -0.39 is 10.0 Å². The molecular formula is C19H21N4O3S2+. The van der Waals surface area contributed by atoms with E-state index in [1.165, 1.54) is 17.0 Å². The number of nitrogens with one attached hydrogen (secondary N) is 2. The number of rotatable bonds is 5. The molecule has 0 radical (unpaired) electrons. The van der Waals surface area contributed by atoms with Crippen molar-refractivity contribution in [1.82, 2.24) is 4.98 Å². The van der Waals surface area contributed by atoms with Gasteiger partial charge in [0.25, 0.3) is 5.91 Å². The lowest BCUT2D eigenvalue weighted by Gasteiger charge is -2.19. The van der Waals surface area contributed by atoms with Gasteiger partial charge >= 0.3 is 0 Å². The zero-order valence-corrected chi connectivity index (χ0v) is 16.7. The number of sulfonamides is 1. The van der Waals surface area contributed by atoms with E-state index in [2.05, 4.69) is 11.4 Å². The van der Waals surface area contributed by atoms with E-state index in [9.17, 15) is 13.2 Å². The zero-order valence-electron chi connectivity index (χ0n) is 15.1. The van der Waals surface area contributed by atoms with Gasteiger partial charge in [-0.05, 0) is 30.3 Å². The summed E-state index contributed by atoms with van der Waals surface area (Å²) >= 11 is 1.69. The maximum atomic E-state index is 12.5. The molecule has 146 valence electrons. The van der Waals surface area contributed by atoms with Gasteiger partial charge in [-0.15, -0.1) is 11.3 Å². The van der Waals surface area contributed by atoms with Crippen LogP contribution in [0.5, 0.6) is 0 Å². The fourth-order valence-corrected chi connectivity index (χ4v) is 5.34. The first-order chi connectivity index (χ1) is 13.4. The molecule has 1 unspecified atom stereocenters. The lowest BCUT2D eigenvalue weighted by molar-refractivity contribution is -0.910. The molecule has 28 heavy (non-hydrogen) atoms. The van der Waals surface area contributed by atoms with Crippen LogP contribution in [-0.2, 0) is 14.8 Å². The molecule has 1 amide bonds. The standard InChI is InChI=1S/C19H20N4O3S2/c20-28(25,26)14-6-3-5-13(11-14)21-18(24)12-23-10-4-8-16(23)19-22-15-7-1-2-9-17(15)27-19/h1-3,5-7,9,11,16H,4,8,10,12H2,(H,21,24)(H2,20,25,26)/p+1/t16-/m1/s1. The maximum absolute atomic E-state index is 12.5. The monoisotopic (exact) mass is 417 g/mol. The van der Waals surface area contributed by atoms with Gasteiger partial charge in [-0.1, -0.05) is 18.2 Å². The molecule has 2 atom stereocenters. The molecule has 1 aliphatic rings. The average Bonchev–Trinajstić information content (AvgIpc) is 3.27. The third-order valence-corrected chi connectivity index (χ3v) is 6.99. The molecule has 0 aliphatic carbocycles. The van der Waals surface area contributed by atoms with Crippen LogP contribution in [0, 0.1) is 0 Å². The number of benzene rings is 2. The molecular weight excluding hydrogens is 396 g/mol. The van der Waals surface area contributed by atoms with Crippen molar-refractivity contribution in [2.45, 2.75) is 23.8 Å². The highest BCUT2D eigenvalue weighted by Crippen LogP contribution is 2.28. The zero-order chi connectivity index (χ0) is 19.7. The van der Waals surface area contributed by atoms with Crippen molar-refractivity contribution in [3.8, 4) is 0 Å². The highest BCUT2D eigenvalue weighted by atomic mass is 32.2. The van der Waals surface area contributed by atoms with Crippen LogP contribution in [-0.4, -0.2) is 32.4 Å². The average molecular weight is 418 g/mol. The van der Waals surface area contributed by atoms with Gasteiger partial charge in [-0.25, -0.2) is 18.5 Å². The van der Waals surface area contributed by atoms with Gasteiger partial charge in [-0.2, -0.15) is 0 Å². The first kappa shape index (κ1) is 19.0. The topological polar surface area (TPSA) is 107 Å². The molecule has 4 rings (SSSR count). The number of quaternary nitrogens is 1. The van der Waals surface area contributed by atoms with Gasteiger partial charge in [-0.3, -0.25) is 4.79 Å². The van der Waals surface area contributed by atoms with Crippen molar-refractivity contribution in [3.05, 3.63) is 53.5 Å². The van der Waals surface area contributed by atoms with E-state index in [0.717, 1.165) is 34.6 Å². The fraction of sp³-hybridized carbons (Fsp3) is 0.263. The molecule has 4 N–H and O–H groups in total. The van der Waals surface area contributed by atoms with E-state index >= 15 is 0 Å². The first-order valence-corrected chi connectivity index (χ1v) is 11.4. The van der Waals surface area contributed by atoms with Crippen molar-refractivity contribution >= 4 is 43.2 Å². The number of amides is 1. The van der Waals surface area contributed by atoms with Crippen molar-refractivity contribution in [1.29, 1.82) is 0 Å². The van der Waals surface area contributed by atoms with Crippen LogP contribution in [0.1, 0.15) is 23.9 Å². The number of hydrogen-bond acceptors (Lipinski definition) is 5. The molecule has 1 aliphatic heterocycles. The molecule has 2 aromatic carbocycles. The minimum Gasteiger partial charge on any atom is -0.321 e. The van der Waals surface area contributed by atoms with Crippen molar-refractivity contribution in [2.24, 2.45) is 5.14 Å². The van der Waals surface area contributed by atoms with E-state index in [0.29, 0.717) is 12.2 Å². The Morgan fingerprint density at radius 3 is 2.86 bits per heavy atom. The van der Waals surface area contributed by atoms with Gasteiger partial charge < -0.3 is 10.2 Å². The fourth-order valence-electron chi connectivity index (χ4n) is 3.62. The predicted molar refractivity (Wildman–Crippen MR) is 109 cm³/mol. The summed E-state index contributed by atoms with van der Waals surface area (Å²) in [6.07, 6.45) is 2.05. The second-order valence-corrected chi connectivity index (χ2v) is 9.54. The number of primary sulfonamides is 1. The second kappa shape index (κ2) is 7.59. The number of aromatic nitrogens is 1. The molecule has 9 heteroatoms. The Balaban J connectivity index is 1.46. The quantitative estimate of drug-likeness (QED) is 0.582. The normalized spacial score (nSPS) is 19.8. The number of likely N-dealkylation sites (tertiary alicyclic amines) is 1. The molecule has 2 heterocycles. The Kier molecular flexibility index (Phi) is 5.15. The molecule has 3 aromatic rings. The van der Waals surface area contributed by atoms with E-state index in [4.69, 9.17) is 10.1 Å². The number of carbonyl (C=O) groups is 1. The van der Waals surface area contributed by atoms with Crippen LogP contribution < -0.4 is 15.4 Å².